The molecule has 1 aromatic carbocycles. The van der Waals surface area contributed by atoms with Gasteiger partial charge < -0.3 is 5.11 Å². The number of nitrogens with zero attached hydrogens (tertiary/aromatic N) is 2. The maximum atomic E-state index is 13.0. The average molecular weight is 252 g/mol. The Balaban J connectivity index is 2.61. The van der Waals surface area contributed by atoms with Gasteiger partial charge in [0, 0.05) is 18.3 Å². The molecule has 92 valence electrons. The van der Waals surface area contributed by atoms with Gasteiger partial charge in [-0.2, -0.15) is 5.10 Å². The van der Waals surface area contributed by atoms with E-state index in [1.54, 1.807) is 0 Å². The molecule has 0 bridgehead atoms. The summed E-state index contributed by atoms with van der Waals surface area (Å²) >= 11 is 0. The number of carboxylic acids is 1. The highest BCUT2D eigenvalue weighted by atomic mass is 19.1. The fourth-order valence-electron chi connectivity index (χ4n) is 1.37. The van der Waals surface area contributed by atoms with Crippen molar-refractivity contribution in [3.63, 3.8) is 0 Å². The van der Waals surface area contributed by atoms with E-state index in [2.05, 4.69) is 5.10 Å². The largest absolute Gasteiger partial charge is 0.476 e. The highest BCUT2D eigenvalue weighted by molar-refractivity contribution is 5.84. The number of halogens is 2. The van der Waals surface area contributed by atoms with Gasteiger partial charge in [0.15, 0.2) is 0 Å². The molecule has 0 fully saturated rings. The molecule has 0 aliphatic heterocycles. The lowest BCUT2D eigenvalue weighted by molar-refractivity contribution is 0.0687. The second-order valence-electron chi connectivity index (χ2n) is 3.41. The van der Waals surface area contributed by atoms with Crippen LogP contribution < -0.4 is 5.43 Å². The Hall–Kier alpha value is -2.57. The Morgan fingerprint density at radius 1 is 1.22 bits per heavy atom. The maximum absolute atomic E-state index is 13.0. The summed E-state index contributed by atoms with van der Waals surface area (Å²) in [5, 5.41) is 12.2. The molecule has 0 spiro atoms. The Morgan fingerprint density at radius 2 is 1.83 bits per heavy atom. The van der Waals surface area contributed by atoms with Crippen LogP contribution in [0.2, 0.25) is 0 Å². The molecule has 1 heterocycles. The summed E-state index contributed by atoms with van der Waals surface area (Å²) in [5.41, 5.74) is -1.52. The molecule has 0 saturated carbocycles. The van der Waals surface area contributed by atoms with Crippen molar-refractivity contribution in [3.05, 3.63) is 58.0 Å². The molecule has 2 aromatic rings. The van der Waals surface area contributed by atoms with Gasteiger partial charge in [-0.15, -0.1) is 0 Å². The number of hydrogen-bond acceptors (Lipinski definition) is 3. The van der Waals surface area contributed by atoms with E-state index < -0.39 is 28.7 Å². The van der Waals surface area contributed by atoms with Crippen LogP contribution in [0.3, 0.4) is 0 Å². The third-order valence-corrected chi connectivity index (χ3v) is 2.12. The van der Waals surface area contributed by atoms with Gasteiger partial charge in [0.2, 0.25) is 11.1 Å². The average Bonchev–Trinajstić information content (AvgIpc) is 2.27. The molecule has 18 heavy (non-hydrogen) atoms. The zero-order valence-corrected chi connectivity index (χ0v) is 8.80. The van der Waals surface area contributed by atoms with E-state index in [1.165, 1.54) is 0 Å². The number of rotatable bonds is 2. The molecule has 0 radical (unpaired) electrons. The summed E-state index contributed by atoms with van der Waals surface area (Å²) in [7, 11) is 0. The Bertz CT molecular complexity index is 662. The molecule has 0 amide bonds. The molecular formula is C11H6F2N2O3. The van der Waals surface area contributed by atoms with Crippen LogP contribution in [-0.2, 0) is 0 Å². The normalized spacial score (nSPS) is 10.3. The number of carbonyl (C=O) groups is 1. The van der Waals surface area contributed by atoms with E-state index in [4.69, 9.17) is 5.11 Å². The summed E-state index contributed by atoms with van der Waals surface area (Å²) in [6.07, 6.45) is 1.13. The van der Waals surface area contributed by atoms with Crippen molar-refractivity contribution in [2.45, 2.75) is 0 Å². The van der Waals surface area contributed by atoms with Crippen molar-refractivity contribution in [3.8, 4) is 5.69 Å². The third-order valence-electron chi connectivity index (χ3n) is 2.12. The standard InChI is InChI=1S/C11H6F2N2O3/c12-6-3-7(13)5-8(4-6)15-2-1-9(16)10(14-15)11(17)18/h1-5H,(H,17,18). The smallest absolute Gasteiger partial charge is 0.360 e. The molecule has 1 aromatic heterocycles. The first kappa shape index (κ1) is 11.9. The summed E-state index contributed by atoms with van der Waals surface area (Å²) in [5.74, 6) is -3.17. The van der Waals surface area contributed by atoms with Gasteiger partial charge >= 0.3 is 5.97 Å². The van der Waals surface area contributed by atoms with Gasteiger partial charge in [-0.05, 0) is 12.1 Å². The number of aromatic carboxylic acids is 1. The van der Waals surface area contributed by atoms with Crippen LogP contribution >= 0.6 is 0 Å². The van der Waals surface area contributed by atoms with E-state index >= 15 is 0 Å². The van der Waals surface area contributed by atoms with Crippen molar-refractivity contribution in [1.29, 1.82) is 0 Å². The molecule has 0 aliphatic carbocycles. The number of carboxylic acid groups (broad SMARTS) is 1. The zero-order chi connectivity index (χ0) is 13.3. The predicted octanol–water partition coefficient (Wildman–Crippen LogP) is 1.21. The molecule has 0 atom stereocenters. The zero-order valence-electron chi connectivity index (χ0n) is 8.80. The summed E-state index contributed by atoms with van der Waals surface area (Å²) in [6.45, 7) is 0. The molecule has 5 nitrogen and oxygen atoms in total. The number of benzene rings is 1. The van der Waals surface area contributed by atoms with Crippen molar-refractivity contribution in [2.24, 2.45) is 0 Å². The predicted molar refractivity (Wildman–Crippen MR) is 56.7 cm³/mol. The number of hydrogen-bond donors (Lipinski definition) is 1. The Morgan fingerprint density at radius 3 is 2.39 bits per heavy atom. The lowest BCUT2D eigenvalue weighted by Gasteiger charge is -2.05. The second-order valence-corrected chi connectivity index (χ2v) is 3.41. The van der Waals surface area contributed by atoms with Crippen molar-refractivity contribution < 1.29 is 18.7 Å². The van der Waals surface area contributed by atoms with Crippen LogP contribution in [0.1, 0.15) is 10.5 Å². The second kappa shape index (κ2) is 4.36. The van der Waals surface area contributed by atoms with Crippen LogP contribution in [0.5, 0.6) is 0 Å². The SMILES string of the molecule is O=C(O)c1nn(-c2cc(F)cc(F)c2)ccc1=O. The van der Waals surface area contributed by atoms with Gasteiger partial charge in [0.25, 0.3) is 0 Å². The van der Waals surface area contributed by atoms with E-state index in [1.807, 2.05) is 0 Å². The first-order valence-corrected chi connectivity index (χ1v) is 4.77. The van der Waals surface area contributed by atoms with Crippen LogP contribution in [-0.4, -0.2) is 20.9 Å². The van der Waals surface area contributed by atoms with E-state index in [0.29, 0.717) is 6.07 Å². The molecule has 0 saturated heterocycles. The first-order chi connectivity index (χ1) is 8.47. The van der Waals surface area contributed by atoms with Gasteiger partial charge in [-0.25, -0.2) is 18.3 Å². The van der Waals surface area contributed by atoms with Crippen LogP contribution in [0, 0.1) is 11.6 Å². The summed E-state index contributed by atoms with van der Waals surface area (Å²) in [6, 6.07) is 3.56. The Labute approximate surface area is 98.9 Å². The van der Waals surface area contributed by atoms with Crippen molar-refractivity contribution >= 4 is 5.97 Å². The molecule has 7 heteroatoms. The molecular weight excluding hydrogens is 246 g/mol. The minimum absolute atomic E-state index is 0.0185. The van der Waals surface area contributed by atoms with E-state index in [9.17, 15) is 18.4 Å². The first-order valence-electron chi connectivity index (χ1n) is 4.77. The summed E-state index contributed by atoms with van der Waals surface area (Å²) in [4.78, 5) is 21.9. The minimum Gasteiger partial charge on any atom is -0.476 e. The van der Waals surface area contributed by atoms with Crippen LogP contribution in [0.15, 0.2) is 35.3 Å². The van der Waals surface area contributed by atoms with Crippen LogP contribution in [0.4, 0.5) is 8.78 Å². The van der Waals surface area contributed by atoms with E-state index in [-0.39, 0.29) is 5.69 Å². The van der Waals surface area contributed by atoms with Gasteiger partial charge in [0.1, 0.15) is 11.6 Å². The fraction of sp³-hybridized carbons (Fsp3) is 0. The van der Waals surface area contributed by atoms with Crippen molar-refractivity contribution in [2.75, 3.05) is 0 Å². The lowest BCUT2D eigenvalue weighted by atomic mass is 10.3. The van der Waals surface area contributed by atoms with Gasteiger partial charge in [-0.1, -0.05) is 0 Å². The quantitative estimate of drug-likeness (QED) is 0.871. The lowest BCUT2D eigenvalue weighted by Crippen LogP contribution is -2.20. The third kappa shape index (κ3) is 2.24. The molecule has 1 N–H and O–H groups in total. The molecule has 0 aliphatic rings. The van der Waals surface area contributed by atoms with Gasteiger partial charge in [0.05, 0.1) is 5.69 Å². The maximum Gasteiger partial charge on any atom is 0.360 e. The van der Waals surface area contributed by atoms with E-state index in [0.717, 1.165) is 29.1 Å². The van der Waals surface area contributed by atoms with Gasteiger partial charge in [-0.3, -0.25) is 4.79 Å². The minimum atomic E-state index is -1.51. The summed E-state index contributed by atoms with van der Waals surface area (Å²) < 4.78 is 26.9. The fourth-order valence-corrected chi connectivity index (χ4v) is 1.37. The van der Waals surface area contributed by atoms with Crippen molar-refractivity contribution in [1.82, 2.24) is 9.78 Å². The molecule has 2 rings (SSSR count). The highest BCUT2D eigenvalue weighted by Gasteiger charge is 2.12. The monoisotopic (exact) mass is 252 g/mol. The van der Waals surface area contributed by atoms with Crippen LogP contribution in [0.25, 0.3) is 5.69 Å². The number of aromatic nitrogens is 2. The topological polar surface area (TPSA) is 72.2 Å². The Kier molecular flexibility index (Phi) is 2.88. The highest BCUT2D eigenvalue weighted by Crippen LogP contribution is 2.11. The molecule has 0 unspecified atom stereocenters.